The summed E-state index contributed by atoms with van der Waals surface area (Å²) >= 11 is 0. The normalized spacial score (nSPS) is 29.3. The molecule has 0 aromatic rings. The number of carbonyl (C=O) groups excluding carboxylic acids is 1. The molecule has 2 fully saturated rings. The van der Waals surface area contributed by atoms with Crippen LogP contribution in [0.1, 0.15) is 40.0 Å². The van der Waals surface area contributed by atoms with Gasteiger partial charge in [-0.15, -0.1) is 0 Å². The second kappa shape index (κ2) is 6.63. The fourth-order valence-electron chi connectivity index (χ4n) is 3.27. The van der Waals surface area contributed by atoms with E-state index < -0.39 is 0 Å². The van der Waals surface area contributed by atoms with Crippen molar-refractivity contribution in [1.29, 1.82) is 0 Å². The Kier molecular flexibility index (Phi) is 5.28. The molecule has 0 aliphatic carbocycles. The van der Waals surface area contributed by atoms with Crippen LogP contribution in [-0.2, 0) is 4.79 Å². The average Bonchev–Trinajstić information content (AvgIpc) is 2.46. The zero-order valence-electron chi connectivity index (χ0n) is 14.2. The predicted molar refractivity (Wildman–Crippen MR) is 86.4 cm³/mol. The van der Waals surface area contributed by atoms with Crippen molar-refractivity contribution in [3.05, 3.63) is 0 Å². The molecule has 0 aromatic carbocycles. The van der Waals surface area contributed by atoms with Crippen LogP contribution >= 0.6 is 0 Å². The Bertz CT molecular complexity index is 355. The van der Waals surface area contributed by atoms with E-state index in [2.05, 4.69) is 41.3 Å². The van der Waals surface area contributed by atoms with Crippen molar-refractivity contribution in [1.82, 2.24) is 20.4 Å². The van der Waals surface area contributed by atoms with Crippen molar-refractivity contribution in [3.63, 3.8) is 0 Å². The van der Waals surface area contributed by atoms with Crippen molar-refractivity contribution in [3.8, 4) is 0 Å². The smallest absolute Gasteiger partial charge is 0.240 e. The standard InChI is InChI=1S/C16H32N4O/c1-15(2,20-11-9-19(4)10-12-20)13-17-14(21)16(3)7-5-6-8-18-16/h18H,5-13H2,1-4H3,(H,17,21). The minimum absolute atomic E-state index is 0.0158. The number of piperidine rings is 1. The summed E-state index contributed by atoms with van der Waals surface area (Å²) in [5, 5.41) is 6.57. The van der Waals surface area contributed by atoms with Gasteiger partial charge in [0.1, 0.15) is 0 Å². The molecule has 21 heavy (non-hydrogen) atoms. The highest BCUT2D eigenvalue weighted by molar-refractivity contribution is 5.86. The maximum absolute atomic E-state index is 12.5. The van der Waals surface area contributed by atoms with Gasteiger partial charge in [0.2, 0.25) is 5.91 Å². The summed E-state index contributed by atoms with van der Waals surface area (Å²) in [4.78, 5) is 17.4. The molecule has 2 aliphatic rings. The molecule has 0 aromatic heterocycles. The Morgan fingerprint density at radius 1 is 1.24 bits per heavy atom. The van der Waals surface area contributed by atoms with E-state index in [1.165, 1.54) is 6.42 Å². The molecule has 2 rings (SSSR count). The summed E-state index contributed by atoms with van der Waals surface area (Å²) < 4.78 is 0. The third-order valence-corrected chi connectivity index (χ3v) is 5.16. The fraction of sp³-hybridized carbons (Fsp3) is 0.938. The first kappa shape index (κ1) is 16.7. The summed E-state index contributed by atoms with van der Waals surface area (Å²) in [6, 6.07) is 0. The maximum atomic E-state index is 12.5. The molecule has 1 amide bonds. The van der Waals surface area contributed by atoms with Crippen molar-refractivity contribution in [2.45, 2.75) is 51.1 Å². The Morgan fingerprint density at radius 3 is 2.48 bits per heavy atom. The van der Waals surface area contributed by atoms with Gasteiger partial charge in [-0.1, -0.05) is 0 Å². The van der Waals surface area contributed by atoms with Gasteiger partial charge in [-0.2, -0.15) is 0 Å². The SMILES string of the molecule is CN1CCN(C(C)(C)CNC(=O)C2(C)CCCCN2)CC1. The van der Waals surface area contributed by atoms with Crippen LogP contribution in [-0.4, -0.2) is 73.1 Å². The van der Waals surface area contributed by atoms with Crippen LogP contribution in [0.5, 0.6) is 0 Å². The number of rotatable bonds is 4. The van der Waals surface area contributed by atoms with E-state index in [9.17, 15) is 4.79 Å². The third-order valence-electron chi connectivity index (χ3n) is 5.16. The molecule has 0 saturated carbocycles. The number of likely N-dealkylation sites (N-methyl/N-ethyl adjacent to an activating group) is 1. The first-order valence-electron chi connectivity index (χ1n) is 8.30. The van der Waals surface area contributed by atoms with Gasteiger partial charge in [-0.3, -0.25) is 9.69 Å². The van der Waals surface area contributed by atoms with Crippen LogP contribution < -0.4 is 10.6 Å². The quantitative estimate of drug-likeness (QED) is 0.800. The molecule has 122 valence electrons. The van der Waals surface area contributed by atoms with Gasteiger partial charge in [0.15, 0.2) is 0 Å². The lowest BCUT2D eigenvalue weighted by molar-refractivity contribution is -0.128. The van der Waals surface area contributed by atoms with E-state index in [0.29, 0.717) is 6.54 Å². The van der Waals surface area contributed by atoms with Gasteiger partial charge in [-0.05, 0) is 53.6 Å². The first-order chi connectivity index (χ1) is 9.83. The molecule has 0 spiro atoms. The molecule has 2 heterocycles. The van der Waals surface area contributed by atoms with Crippen LogP contribution in [0.3, 0.4) is 0 Å². The van der Waals surface area contributed by atoms with Crippen LogP contribution in [0, 0.1) is 0 Å². The second-order valence-corrected chi connectivity index (χ2v) is 7.50. The number of carbonyl (C=O) groups is 1. The lowest BCUT2D eigenvalue weighted by Gasteiger charge is -2.44. The Labute approximate surface area is 129 Å². The molecule has 2 N–H and O–H groups in total. The molecule has 1 unspecified atom stereocenters. The van der Waals surface area contributed by atoms with E-state index in [1.54, 1.807) is 0 Å². The van der Waals surface area contributed by atoms with Crippen molar-refractivity contribution in [2.24, 2.45) is 0 Å². The lowest BCUT2D eigenvalue weighted by atomic mass is 9.89. The van der Waals surface area contributed by atoms with E-state index in [4.69, 9.17) is 0 Å². The Balaban J connectivity index is 1.84. The largest absolute Gasteiger partial charge is 0.353 e. The molecule has 0 bridgehead atoms. The van der Waals surface area contributed by atoms with E-state index in [1.807, 2.05) is 6.92 Å². The zero-order chi connectivity index (χ0) is 15.5. The summed E-state index contributed by atoms with van der Waals surface area (Å²) in [6.07, 6.45) is 3.25. The average molecular weight is 296 g/mol. The third kappa shape index (κ3) is 4.18. The molecular formula is C16H32N4O. The fourth-order valence-corrected chi connectivity index (χ4v) is 3.27. The monoisotopic (exact) mass is 296 g/mol. The lowest BCUT2D eigenvalue weighted by Crippen LogP contribution is -2.62. The number of nitrogens with one attached hydrogen (secondary N) is 2. The van der Waals surface area contributed by atoms with Crippen LogP contribution in [0.25, 0.3) is 0 Å². The molecule has 2 aliphatic heterocycles. The van der Waals surface area contributed by atoms with Crippen LogP contribution in [0.15, 0.2) is 0 Å². The van der Waals surface area contributed by atoms with Gasteiger partial charge in [0, 0.05) is 38.3 Å². The summed E-state index contributed by atoms with van der Waals surface area (Å²) in [5.41, 5.74) is -0.363. The highest BCUT2D eigenvalue weighted by Crippen LogP contribution is 2.20. The van der Waals surface area contributed by atoms with E-state index in [-0.39, 0.29) is 17.0 Å². The zero-order valence-corrected chi connectivity index (χ0v) is 14.2. The van der Waals surface area contributed by atoms with Crippen LogP contribution in [0.2, 0.25) is 0 Å². The van der Waals surface area contributed by atoms with Crippen LogP contribution in [0.4, 0.5) is 0 Å². The second-order valence-electron chi connectivity index (χ2n) is 7.50. The molecule has 0 radical (unpaired) electrons. The number of piperazine rings is 1. The summed E-state index contributed by atoms with van der Waals surface area (Å²) in [6.45, 7) is 12.5. The number of amides is 1. The van der Waals surface area contributed by atoms with Crippen molar-refractivity contribution >= 4 is 5.91 Å². The topological polar surface area (TPSA) is 47.6 Å². The van der Waals surface area contributed by atoms with Gasteiger partial charge in [0.05, 0.1) is 5.54 Å². The summed E-state index contributed by atoms with van der Waals surface area (Å²) in [5.74, 6) is 0.157. The minimum Gasteiger partial charge on any atom is -0.353 e. The summed E-state index contributed by atoms with van der Waals surface area (Å²) in [7, 11) is 2.17. The number of hydrogen-bond donors (Lipinski definition) is 2. The van der Waals surface area contributed by atoms with Gasteiger partial charge < -0.3 is 15.5 Å². The predicted octanol–water partition coefficient (Wildman–Crippen LogP) is 0.661. The maximum Gasteiger partial charge on any atom is 0.240 e. The van der Waals surface area contributed by atoms with Crippen molar-refractivity contribution < 1.29 is 4.79 Å². The first-order valence-corrected chi connectivity index (χ1v) is 8.30. The van der Waals surface area contributed by atoms with E-state index >= 15 is 0 Å². The molecule has 2 saturated heterocycles. The minimum atomic E-state index is -0.379. The van der Waals surface area contributed by atoms with Gasteiger partial charge in [-0.25, -0.2) is 0 Å². The Hall–Kier alpha value is -0.650. The molecule has 1 atom stereocenters. The highest BCUT2D eigenvalue weighted by atomic mass is 16.2. The van der Waals surface area contributed by atoms with Gasteiger partial charge in [0.25, 0.3) is 0 Å². The van der Waals surface area contributed by atoms with E-state index in [0.717, 1.165) is 45.6 Å². The van der Waals surface area contributed by atoms with Gasteiger partial charge >= 0.3 is 0 Å². The number of hydrogen-bond acceptors (Lipinski definition) is 4. The molecule has 5 heteroatoms. The molecule has 5 nitrogen and oxygen atoms in total. The van der Waals surface area contributed by atoms with Crippen molar-refractivity contribution in [2.75, 3.05) is 46.3 Å². The number of nitrogens with zero attached hydrogens (tertiary/aromatic N) is 2. The molecular weight excluding hydrogens is 264 g/mol. The Morgan fingerprint density at radius 2 is 1.90 bits per heavy atom. The highest BCUT2D eigenvalue weighted by Gasteiger charge is 2.36.